The normalized spacial score (nSPS) is 21.4. The average molecular weight is 276 g/mol. The van der Waals surface area contributed by atoms with Gasteiger partial charge in [-0.25, -0.2) is 4.79 Å². The molecule has 1 fully saturated rings. The summed E-state index contributed by atoms with van der Waals surface area (Å²) in [7, 11) is 0. The van der Waals surface area contributed by atoms with E-state index in [-0.39, 0.29) is 11.2 Å². The Morgan fingerprint density at radius 1 is 1.15 bits per heavy atom. The lowest BCUT2D eigenvalue weighted by Gasteiger charge is -2.18. The zero-order chi connectivity index (χ0) is 14.9. The largest absolute Gasteiger partial charge is 0.464 e. The van der Waals surface area contributed by atoms with Crippen molar-refractivity contribution in [1.82, 2.24) is 0 Å². The maximum Gasteiger partial charge on any atom is 0.338 e. The Morgan fingerprint density at radius 3 is 2.25 bits per heavy atom. The topological polar surface area (TPSA) is 55.9 Å². The molecular formula is C16H20O4. The highest BCUT2D eigenvalue weighted by Crippen LogP contribution is 2.28. The number of esters is 1. The van der Waals surface area contributed by atoms with Gasteiger partial charge in [0.2, 0.25) is 0 Å². The van der Waals surface area contributed by atoms with Gasteiger partial charge in [0, 0.05) is 5.56 Å². The Morgan fingerprint density at radius 2 is 1.75 bits per heavy atom. The Hall–Kier alpha value is -1.68. The Bertz CT molecular complexity index is 510. The smallest absolute Gasteiger partial charge is 0.338 e. The van der Waals surface area contributed by atoms with Gasteiger partial charge in [-0.15, -0.1) is 0 Å². The average Bonchev–Trinajstić information content (AvgIpc) is 3.17. The van der Waals surface area contributed by atoms with E-state index in [2.05, 4.69) is 20.8 Å². The van der Waals surface area contributed by atoms with Crippen molar-refractivity contribution in [2.75, 3.05) is 6.61 Å². The summed E-state index contributed by atoms with van der Waals surface area (Å²) in [5, 5.41) is 0. The number of epoxide rings is 1. The van der Waals surface area contributed by atoms with Gasteiger partial charge < -0.3 is 9.47 Å². The molecule has 0 bridgehead atoms. The fourth-order valence-electron chi connectivity index (χ4n) is 2.01. The molecule has 1 aliphatic rings. The van der Waals surface area contributed by atoms with Crippen molar-refractivity contribution in [3.8, 4) is 0 Å². The zero-order valence-corrected chi connectivity index (χ0v) is 12.3. The molecule has 1 aliphatic heterocycles. The van der Waals surface area contributed by atoms with Crippen LogP contribution in [0.25, 0.3) is 0 Å². The van der Waals surface area contributed by atoms with Crippen molar-refractivity contribution in [2.45, 2.75) is 45.3 Å². The molecule has 108 valence electrons. The van der Waals surface area contributed by atoms with Gasteiger partial charge in [0.1, 0.15) is 0 Å². The van der Waals surface area contributed by atoms with Gasteiger partial charge in [-0.2, -0.15) is 0 Å². The third kappa shape index (κ3) is 3.07. The van der Waals surface area contributed by atoms with Crippen molar-refractivity contribution in [2.24, 2.45) is 0 Å². The second kappa shape index (κ2) is 5.37. The highest BCUT2D eigenvalue weighted by atomic mass is 16.6. The van der Waals surface area contributed by atoms with Gasteiger partial charge in [0.25, 0.3) is 0 Å². The highest BCUT2D eigenvalue weighted by molar-refractivity contribution is 6.04. The van der Waals surface area contributed by atoms with Crippen LogP contribution in [0, 0.1) is 0 Å². The molecule has 0 aliphatic carbocycles. The summed E-state index contributed by atoms with van der Waals surface area (Å²) in [5.41, 5.74) is 1.77. The van der Waals surface area contributed by atoms with Crippen LogP contribution in [-0.2, 0) is 19.7 Å². The van der Waals surface area contributed by atoms with E-state index < -0.39 is 18.2 Å². The number of benzene rings is 1. The van der Waals surface area contributed by atoms with E-state index in [0.717, 1.165) is 5.56 Å². The molecule has 1 aromatic carbocycles. The summed E-state index contributed by atoms with van der Waals surface area (Å²) in [6.07, 6.45) is -1.42. The van der Waals surface area contributed by atoms with E-state index in [9.17, 15) is 9.59 Å². The van der Waals surface area contributed by atoms with Gasteiger partial charge >= 0.3 is 5.97 Å². The maximum absolute atomic E-state index is 12.2. The molecule has 4 heteroatoms. The molecule has 0 spiro atoms. The molecular weight excluding hydrogens is 256 g/mol. The molecule has 0 amide bonds. The van der Waals surface area contributed by atoms with E-state index in [0.29, 0.717) is 12.2 Å². The van der Waals surface area contributed by atoms with E-state index in [1.807, 2.05) is 12.1 Å². The van der Waals surface area contributed by atoms with Crippen LogP contribution in [0.4, 0.5) is 0 Å². The van der Waals surface area contributed by atoms with Gasteiger partial charge in [-0.05, 0) is 17.9 Å². The van der Waals surface area contributed by atoms with Crippen molar-refractivity contribution in [3.63, 3.8) is 0 Å². The molecule has 0 saturated carbocycles. The van der Waals surface area contributed by atoms with E-state index in [1.165, 1.54) is 0 Å². The number of carbonyl (C=O) groups excluding carboxylic acids is 2. The van der Waals surface area contributed by atoms with Crippen LogP contribution in [0.15, 0.2) is 24.3 Å². The molecule has 1 aromatic rings. The Labute approximate surface area is 119 Å². The summed E-state index contributed by atoms with van der Waals surface area (Å²) in [5.74, 6) is -0.624. The number of hydrogen-bond acceptors (Lipinski definition) is 4. The van der Waals surface area contributed by atoms with Gasteiger partial charge in [-0.3, -0.25) is 4.79 Å². The molecule has 0 radical (unpaired) electrons. The molecule has 1 heterocycles. The maximum atomic E-state index is 12.2. The second-order valence-corrected chi connectivity index (χ2v) is 5.92. The number of hydrogen-bond donors (Lipinski definition) is 0. The summed E-state index contributed by atoms with van der Waals surface area (Å²) in [6, 6.07) is 7.45. The summed E-state index contributed by atoms with van der Waals surface area (Å²) in [6.45, 7) is 8.36. The number of carbonyl (C=O) groups is 2. The molecule has 0 N–H and O–H groups in total. The Balaban J connectivity index is 2.03. The lowest BCUT2D eigenvalue weighted by atomic mass is 9.86. The van der Waals surface area contributed by atoms with Crippen LogP contribution in [0.2, 0.25) is 0 Å². The first-order valence-electron chi connectivity index (χ1n) is 6.81. The van der Waals surface area contributed by atoms with Crippen LogP contribution in [0.1, 0.15) is 43.6 Å². The van der Waals surface area contributed by atoms with E-state index in [4.69, 9.17) is 9.47 Å². The van der Waals surface area contributed by atoms with E-state index in [1.54, 1.807) is 19.1 Å². The van der Waals surface area contributed by atoms with Crippen LogP contribution >= 0.6 is 0 Å². The molecule has 2 rings (SSSR count). The molecule has 0 aromatic heterocycles. The first kappa shape index (κ1) is 14.7. The fraction of sp³-hybridized carbons (Fsp3) is 0.500. The quantitative estimate of drug-likeness (QED) is 0.481. The number of Topliss-reactive ketones (excluding diaryl/α,β-unsaturated/α-hetero) is 1. The number of ketones is 1. The summed E-state index contributed by atoms with van der Waals surface area (Å²) in [4.78, 5) is 23.6. The summed E-state index contributed by atoms with van der Waals surface area (Å²) < 4.78 is 9.95. The predicted octanol–water partition coefficient (Wildman–Crippen LogP) is 2.50. The van der Waals surface area contributed by atoms with Gasteiger partial charge in [-0.1, -0.05) is 45.0 Å². The predicted molar refractivity (Wildman–Crippen MR) is 74.8 cm³/mol. The third-order valence-electron chi connectivity index (χ3n) is 3.30. The first-order valence-corrected chi connectivity index (χ1v) is 6.81. The molecule has 20 heavy (non-hydrogen) atoms. The molecule has 4 nitrogen and oxygen atoms in total. The van der Waals surface area contributed by atoms with Crippen molar-refractivity contribution < 1.29 is 19.1 Å². The van der Waals surface area contributed by atoms with Crippen LogP contribution < -0.4 is 0 Å². The standard InChI is InChI=1S/C16H20O4/c1-5-19-15(18)14-13(20-14)12(17)10-6-8-11(9-7-10)16(2,3)4/h6-9,13-14H,5H2,1-4H3/t13-,14+/m0/s1. The van der Waals surface area contributed by atoms with Crippen molar-refractivity contribution in [1.29, 1.82) is 0 Å². The fourth-order valence-corrected chi connectivity index (χ4v) is 2.01. The highest BCUT2D eigenvalue weighted by Gasteiger charge is 2.51. The third-order valence-corrected chi connectivity index (χ3v) is 3.30. The summed E-state index contributed by atoms with van der Waals surface area (Å²) >= 11 is 0. The zero-order valence-electron chi connectivity index (χ0n) is 12.3. The lowest BCUT2D eigenvalue weighted by molar-refractivity contribution is -0.144. The number of ether oxygens (including phenoxy) is 2. The molecule has 1 saturated heterocycles. The monoisotopic (exact) mass is 276 g/mol. The SMILES string of the molecule is CCOC(=O)[C@@H]1O[C@H]1C(=O)c1ccc(C(C)(C)C)cc1. The van der Waals surface area contributed by atoms with Gasteiger partial charge in [0.05, 0.1) is 6.61 Å². The van der Waals surface area contributed by atoms with Crippen LogP contribution in [-0.4, -0.2) is 30.6 Å². The van der Waals surface area contributed by atoms with Crippen LogP contribution in [0.5, 0.6) is 0 Å². The second-order valence-electron chi connectivity index (χ2n) is 5.92. The minimum atomic E-state index is -0.732. The van der Waals surface area contributed by atoms with Gasteiger partial charge in [0.15, 0.2) is 18.0 Å². The van der Waals surface area contributed by atoms with E-state index >= 15 is 0 Å². The molecule has 0 unspecified atom stereocenters. The molecule has 2 atom stereocenters. The lowest BCUT2D eigenvalue weighted by Crippen LogP contribution is -2.19. The number of rotatable bonds is 4. The van der Waals surface area contributed by atoms with Crippen molar-refractivity contribution >= 4 is 11.8 Å². The Kier molecular flexibility index (Phi) is 3.95. The first-order chi connectivity index (χ1) is 9.34. The minimum absolute atomic E-state index is 0.0468. The minimum Gasteiger partial charge on any atom is -0.464 e. The van der Waals surface area contributed by atoms with Crippen molar-refractivity contribution in [3.05, 3.63) is 35.4 Å². The van der Waals surface area contributed by atoms with Crippen LogP contribution in [0.3, 0.4) is 0 Å².